The molecule has 1 saturated heterocycles. The first-order valence-electron chi connectivity index (χ1n) is 7.55. The molecule has 1 aromatic rings. The second-order valence-electron chi connectivity index (χ2n) is 5.01. The molecule has 0 spiro atoms. The maximum absolute atomic E-state index is 6.52. The molecule has 1 aliphatic rings. The van der Waals surface area contributed by atoms with Crippen molar-refractivity contribution in [2.75, 3.05) is 24.7 Å². The number of rotatable bonds is 6. The molecule has 0 aliphatic carbocycles. The van der Waals surface area contributed by atoms with Crippen molar-refractivity contribution >= 4 is 23.5 Å². The number of nitrogens with two attached hydrogens (primary N) is 1. The highest BCUT2D eigenvalue weighted by Gasteiger charge is 2.29. The first-order chi connectivity index (χ1) is 10.2. The molecule has 0 amide bonds. The number of benzene rings is 1. The molecule has 0 aromatic heterocycles. The van der Waals surface area contributed by atoms with Gasteiger partial charge < -0.3 is 15.2 Å². The van der Waals surface area contributed by atoms with Crippen molar-refractivity contribution in [2.45, 2.75) is 37.3 Å². The zero-order valence-electron chi connectivity index (χ0n) is 13.0. The quantitative estimate of drug-likeness (QED) is 0.862. The van der Waals surface area contributed by atoms with Crippen molar-refractivity contribution < 1.29 is 9.47 Å². The second-order valence-corrected chi connectivity index (χ2v) is 7.78. The molecule has 0 radical (unpaired) electrons. The van der Waals surface area contributed by atoms with E-state index < -0.39 is 0 Å². The van der Waals surface area contributed by atoms with Gasteiger partial charge in [0.1, 0.15) is 0 Å². The van der Waals surface area contributed by atoms with Crippen LogP contribution in [0.1, 0.15) is 32.4 Å². The highest BCUT2D eigenvalue weighted by molar-refractivity contribution is 8.07. The molecule has 0 saturated carbocycles. The van der Waals surface area contributed by atoms with E-state index in [0.29, 0.717) is 23.7 Å². The Balaban J connectivity index is 2.20. The summed E-state index contributed by atoms with van der Waals surface area (Å²) in [5.41, 5.74) is 7.65. The molecule has 5 heteroatoms. The third-order valence-corrected chi connectivity index (χ3v) is 6.76. The summed E-state index contributed by atoms with van der Waals surface area (Å²) < 4.78 is 11.3. The molecular formula is C16H25NO2S2. The van der Waals surface area contributed by atoms with Gasteiger partial charge in [-0.15, -0.1) is 0 Å². The third-order valence-electron chi connectivity index (χ3n) is 3.54. The van der Waals surface area contributed by atoms with Crippen LogP contribution in [0.15, 0.2) is 18.2 Å². The Kier molecular flexibility index (Phi) is 6.58. The SMILES string of the molecule is CCOc1ccc(C(N)C2SCCSC2C)cc1OCC. The highest BCUT2D eigenvalue weighted by Crippen LogP contribution is 2.39. The standard InChI is InChI=1S/C16H25NO2S2/c1-4-18-13-7-6-12(10-14(13)19-5-2)15(17)16-11(3)20-8-9-21-16/h6-7,10-11,15-16H,4-5,8-9,17H2,1-3H3. The number of hydrogen-bond donors (Lipinski definition) is 1. The predicted octanol–water partition coefficient (Wildman–Crippen LogP) is 3.72. The Bertz CT molecular complexity index is 456. The van der Waals surface area contributed by atoms with E-state index in [1.54, 1.807) is 0 Å². The Hall–Kier alpha value is -0.520. The molecule has 2 rings (SSSR count). The lowest BCUT2D eigenvalue weighted by Crippen LogP contribution is -2.34. The van der Waals surface area contributed by atoms with E-state index in [2.05, 4.69) is 13.0 Å². The molecule has 3 nitrogen and oxygen atoms in total. The fraction of sp³-hybridized carbons (Fsp3) is 0.625. The van der Waals surface area contributed by atoms with Gasteiger partial charge >= 0.3 is 0 Å². The van der Waals surface area contributed by atoms with Crippen molar-refractivity contribution in [1.29, 1.82) is 0 Å². The highest BCUT2D eigenvalue weighted by atomic mass is 32.2. The summed E-state index contributed by atoms with van der Waals surface area (Å²) in [4.78, 5) is 0. The molecule has 2 N–H and O–H groups in total. The molecule has 3 unspecified atom stereocenters. The zero-order chi connectivity index (χ0) is 15.2. The Labute approximate surface area is 136 Å². The van der Waals surface area contributed by atoms with Gasteiger partial charge in [-0.3, -0.25) is 0 Å². The van der Waals surface area contributed by atoms with Crippen molar-refractivity contribution in [3.05, 3.63) is 23.8 Å². The van der Waals surface area contributed by atoms with Crippen LogP contribution in [0.3, 0.4) is 0 Å². The van der Waals surface area contributed by atoms with Gasteiger partial charge in [-0.1, -0.05) is 13.0 Å². The minimum atomic E-state index is 0.0349. The molecule has 1 aromatic carbocycles. The lowest BCUT2D eigenvalue weighted by Gasteiger charge is -2.32. The smallest absolute Gasteiger partial charge is 0.161 e. The minimum Gasteiger partial charge on any atom is -0.490 e. The lowest BCUT2D eigenvalue weighted by molar-refractivity contribution is 0.287. The van der Waals surface area contributed by atoms with Crippen LogP contribution in [-0.2, 0) is 0 Å². The third kappa shape index (κ3) is 4.24. The summed E-state index contributed by atoms with van der Waals surface area (Å²) in [6.07, 6.45) is 0. The monoisotopic (exact) mass is 327 g/mol. The van der Waals surface area contributed by atoms with Crippen LogP contribution in [-0.4, -0.2) is 35.2 Å². The molecule has 118 valence electrons. The molecule has 1 aliphatic heterocycles. The van der Waals surface area contributed by atoms with E-state index >= 15 is 0 Å². The summed E-state index contributed by atoms with van der Waals surface area (Å²) in [5.74, 6) is 4.01. The lowest BCUT2D eigenvalue weighted by atomic mass is 10.0. The summed E-state index contributed by atoms with van der Waals surface area (Å²) >= 11 is 4.01. The second kappa shape index (κ2) is 8.20. The van der Waals surface area contributed by atoms with E-state index in [-0.39, 0.29) is 6.04 Å². The van der Waals surface area contributed by atoms with E-state index in [1.807, 2.05) is 49.5 Å². The molecular weight excluding hydrogens is 302 g/mol. The zero-order valence-corrected chi connectivity index (χ0v) is 14.6. The Morgan fingerprint density at radius 2 is 1.81 bits per heavy atom. The van der Waals surface area contributed by atoms with Crippen LogP contribution in [0.5, 0.6) is 11.5 Å². The number of ether oxygens (including phenoxy) is 2. The predicted molar refractivity (Wildman–Crippen MR) is 93.9 cm³/mol. The van der Waals surface area contributed by atoms with E-state index in [4.69, 9.17) is 15.2 Å². The molecule has 1 fully saturated rings. The van der Waals surface area contributed by atoms with Crippen molar-refractivity contribution in [3.8, 4) is 11.5 Å². The first-order valence-corrected chi connectivity index (χ1v) is 9.65. The molecule has 21 heavy (non-hydrogen) atoms. The fourth-order valence-corrected chi connectivity index (χ4v) is 5.39. The van der Waals surface area contributed by atoms with Crippen LogP contribution >= 0.6 is 23.5 Å². The Morgan fingerprint density at radius 3 is 2.48 bits per heavy atom. The van der Waals surface area contributed by atoms with Crippen molar-refractivity contribution in [1.82, 2.24) is 0 Å². The normalized spacial score (nSPS) is 23.6. The maximum atomic E-state index is 6.52. The summed E-state index contributed by atoms with van der Waals surface area (Å²) in [6, 6.07) is 6.14. The van der Waals surface area contributed by atoms with Gasteiger partial charge in [-0.05, 0) is 31.5 Å². The van der Waals surface area contributed by atoms with Gasteiger partial charge in [0.05, 0.1) is 13.2 Å². The van der Waals surface area contributed by atoms with Crippen molar-refractivity contribution in [3.63, 3.8) is 0 Å². The van der Waals surface area contributed by atoms with E-state index in [9.17, 15) is 0 Å². The van der Waals surface area contributed by atoms with Crippen LogP contribution < -0.4 is 15.2 Å². The summed E-state index contributed by atoms with van der Waals surface area (Å²) in [6.45, 7) is 7.51. The maximum Gasteiger partial charge on any atom is 0.161 e. The average molecular weight is 328 g/mol. The number of hydrogen-bond acceptors (Lipinski definition) is 5. The van der Waals surface area contributed by atoms with Crippen LogP contribution in [0.2, 0.25) is 0 Å². The van der Waals surface area contributed by atoms with Crippen LogP contribution in [0.25, 0.3) is 0 Å². The van der Waals surface area contributed by atoms with Gasteiger partial charge in [0.15, 0.2) is 11.5 Å². The number of thioether (sulfide) groups is 2. The van der Waals surface area contributed by atoms with E-state index in [0.717, 1.165) is 17.1 Å². The van der Waals surface area contributed by atoms with Gasteiger partial charge in [0.25, 0.3) is 0 Å². The topological polar surface area (TPSA) is 44.5 Å². The minimum absolute atomic E-state index is 0.0349. The van der Waals surface area contributed by atoms with Crippen LogP contribution in [0, 0.1) is 0 Å². The van der Waals surface area contributed by atoms with Gasteiger partial charge in [-0.25, -0.2) is 0 Å². The summed E-state index contributed by atoms with van der Waals surface area (Å²) in [7, 11) is 0. The van der Waals surface area contributed by atoms with Crippen LogP contribution in [0.4, 0.5) is 0 Å². The molecule has 0 bridgehead atoms. The van der Waals surface area contributed by atoms with Crippen molar-refractivity contribution in [2.24, 2.45) is 5.73 Å². The average Bonchev–Trinajstić information content (AvgIpc) is 2.49. The fourth-order valence-electron chi connectivity index (χ4n) is 2.51. The van der Waals surface area contributed by atoms with Gasteiger partial charge in [-0.2, -0.15) is 23.5 Å². The largest absolute Gasteiger partial charge is 0.490 e. The Morgan fingerprint density at radius 1 is 1.14 bits per heavy atom. The van der Waals surface area contributed by atoms with Gasteiger partial charge in [0, 0.05) is 28.0 Å². The molecule has 3 atom stereocenters. The van der Waals surface area contributed by atoms with E-state index in [1.165, 1.54) is 11.5 Å². The first kappa shape index (κ1) is 16.8. The summed E-state index contributed by atoms with van der Waals surface area (Å²) in [5, 5.41) is 1.04. The molecule has 1 heterocycles. The van der Waals surface area contributed by atoms with Gasteiger partial charge in [0.2, 0.25) is 0 Å².